The normalized spacial score (nSPS) is 35.8. The van der Waals surface area contributed by atoms with E-state index < -0.39 is 20.9 Å². The lowest BCUT2D eigenvalue weighted by atomic mass is 9.69. The number of aryl methyl sites for hydroxylation is 1. The Morgan fingerprint density at radius 3 is 2.63 bits per heavy atom. The van der Waals surface area contributed by atoms with Crippen molar-refractivity contribution in [3.05, 3.63) is 35.4 Å². The smallest absolute Gasteiger partial charge is 0.152 e. The number of aliphatic hydroxyl groups is 1. The first-order valence-electron chi connectivity index (χ1n) is 6.35. The summed E-state index contributed by atoms with van der Waals surface area (Å²) in [6, 6.07) is 9.59. The van der Waals surface area contributed by atoms with Crippen molar-refractivity contribution >= 4 is 9.84 Å². The summed E-state index contributed by atoms with van der Waals surface area (Å²) in [6.45, 7) is 0. The number of rotatable bonds is 1. The van der Waals surface area contributed by atoms with Gasteiger partial charge in [-0.25, -0.2) is 8.42 Å². The van der Waals surface area contributed by atoms with Gasteiger partial charge in [0, 0.05) is 0 Å². The van der Waals surface area contributed by atoms with Crippen LogP contribution in [-0.2, 0) is 21.9 Å². The molecule has 0 saturated carbocycles. The number of fused-ring (bicyclic) bond motifs is 1. The largest absolute Gasteiger partial charge is 0.383 e. The van der Waals surface area contributed by atoms with Gasteiger partial charge >= 0.3 is 0 Å². The number of hydrogen-bond acceptors (Lipinski definition) is 4. The minimum Gasteiger partial charge on any atom is -0.383 e. The van der Waals surface area contributed by atoms with Gasteiger partial charge in [-0.1, -0.05) is 24.3 Å². The number of nitriles is 1. The predicted octanol–water partition coefficient (Wildman–Crippen LogP) is 1.15. The molecule has 4 nitrogen and oxygen atoms in total. The van der Waals surface area contributed by atoms with Gasteiger partial charge in [0.25, 0.3) is 0 Å². The average molecular weight is 277 g/mol. The van der Waals surface area contributed by atoms with Crippen molar-refractivity contribution in [1.29, 1.82) is 5.26 Å². The highest BCUT2D eigenvalue weighted by Crippen LogP contribution is 2.53. The lowest BCUT2D eigenvalue weighted by Gasteiger charge is -2.37. The van der Waals surface area contributed by atoms with E-state index in [1.165, 1.54) is 0 Å². The highest BCUT2D eigenvalue weighted by Gasteiger charge is 2.59. The van der Waals surface area contributed by atoms with E-state index in [-0.39, 0.29) is 17.9 Å². The molecule has 3 rings (SSSR count). The van der Waals surface area contributed by atoms with Gasteiger partial charge in [-0.05, 0) is 30.4 Å². The zero-order valence-electron chi connectivity index (χ0n) is 10.5. The first-order chi connectivity index (χ1) is 8.93. The summed E-state index contributed by atoms with van der Waals surface area (Å²) >= 11 is 0. The first-order valence-corrected chi connectivity index (χ1v) is 8.17. The molecule has 100 valence electrons. The van der Waals surface area contributed by atoms with E-state index in [1.807, 2.05) is 24.3 Å². The average Bonchev–Trinajstić information content (AvgIpc) is 2.90. The van der Waals surface area contributed by atoms with Crippen LogP contribution in [0.25, 0.3) is 0 Å². The molecule has 0 amide bonds. The number of sulfone groups is 1. The van der Waals surface area contributed by atoms with Crippen LogP contribution >= 0.6 is 0 Å². The molecule has 0 aromatic heterocycles. The number of hydrogen-bond donors (Lipinski definition) is 1. The van der Waals surface area contributed by atoms with Crippen molar-refractivity contribution in [1.82, 2.24) is 0 Å². The summed E-state index contributed by atoms with van der Waals surface area (Å²) in [5.74, 6) is -0.244. The van der Waals surface area contributed by atoms with Gasteiger partial charge in [0.2, 0.25) is 0 Å². The van der Waals surface area contributed by atoms with Crippen LogP contribution in [0, 0.1) is 16.7 Å². The van der Waals surface area contributed by atoms with E-state index in [9.17, 15) is 18.8 Å². The summed E-state index contributed by atoms with van der Waals surface area (Å²) in [5, 5.41) is 20.6. The number of nitrogens with zero attached hydrogens (tertiary/aromatic N) is 1. The summed E-state index contributed by atoms with van der Waals surface area (Å²) < 4.78 is 23.5. The Morgan fingerprint density at radius 2 is 2.00 bits per heavy atom. The Balaban J connectivity index is 2.14. The summed E-state index contributed by atoms with van der Waals surface area (Å²) in [5.41, 5.74) is -0.780. The van der Waals surface area contributed by atoms with E-state index in [1.54, 1.807) is 0 Å². The van der Waals surface area contributed by atoms with Crippen LogP contribution in [0.3, 0.4) is 0 Å². The van der Waals surface area contributed by atoms with Crippen molar-refractivity contribution in [2.45, 2.75) is 24.9 Å². The third kappa shape index (κ3) is 1.63. The standard InChI is InChI=1S/C14H15NO3S/c15-9-13(7-8-19(17,18)10-13)14(16)6-5-11-3-1-2-4-12(11)14/h1-4,16H,5-8,10H2. The predicted molar refractivity (Wildman–Crippen MR) is 70.0 cm³/mol. The molecule has 1 aromatic carbocycles. The molecule has 19 heavy (non-hydrogen) atoms. The lowest BCUT2D eigenvalue weighted by molar-refractivity contribution is -0.0480. The van der Waals surface area contributed by atoms with Crippen LogP contribution in [0.4, 0.5) is 0 Å². The lowest BCUT2D eigenvalue weighted by Crippen LogP contribution is -2.44. The molecule has 0 spiro atoms. The summed E-state index contributed by atoms with van der Waals surface area (Å²) in [7, 11) is -3.23. The highest BCUT2D eigenvalue weighted by atomic mass is 32.2. The molecule has 5 heteroatoms. The Morgan fingerprint density at radius 1 is 1.26 bits per heavy atom. The van der Waals surface area contributed by atoms with Gasteiger partial charge in [-0.15, -0.1) is 0 Å². The molecule has 1 aliphatic carbocycles. The molecular formula is C14H15NO3S. The Hall–Kier alpha value is -1.38. The van der Waals surface area contributed by atoms with E-state index in [2.05, 4.69) is 6.07 Å². The Kier molecular flexibility index (Phi) is 2.54. The van der Waals surface area contributed by atoms with E-state index in [0.717, 1.165) is 11.1 Å². The molecular weight excluding hydrogens is 262 g/mol. The maximum absolute atomic E-state index is 11.8. The second-order valence-corrected chi connectivity index (χ2v) is 7.74. The van der Waals surface area contributed by atoms with Gasteiger partial charge in [-0.3, -0.25) is 0 Å². The SMILES string of the molecule is N#CC1(C2(O)CCc3ccccc32)CCS(=O)(=O)C1. The van der Waals surface area contributed by atoms with Crippen LogP contribution in [0.15, 0.2) is 24.3 Å². The third-order valence-electron chi connectivity index (χ3n) is 4.53. The van der Waals surface area contributed by atoms with Gasteiger partial charge in [0.15, 0.2) is 9.84 Å². The third-order valence-corrected chi connectivity index (χ3v) is 6.29. The topological polar surface area (TPSA) is 78.2 Å². The molecule has 2 atom stereocenters. The molecule has 1 aliphatic heterocycles. The maximum Gasteiger partial charge on any atom is 0.152 e. The zero-order chi connectivity index (χ0) is 13.7. The molecule has 2 unspecified atom stereocenters. The second-order valence-electron chi connectivity index (χ2n) is 5.55. The van der Waals surface area contributed by atoms with E-state index in [0.29, 0.717) is 12.8 Å². The van der Waals surface area contributed by atoms with E-state index >= 15 is 0 Å². The molecule has 1 aromatic rings. The second kappa shape index (κ2) is 3.81. The molecule has 1 heterocycles. The van der Waals surface area contributed by atoms with Crippen molar-refractivity contribution in [2.75, 3.05) is 11.5 Å². The molecule has 0 radical (unpaired) electrons. The van der Waals surface area contributed by atoms with Gasteiger partial charge < -0.3 is 5.11 Å². The van der Waals surface area contributed by atoms with Crippen LogP contribution < -0.4 is 0 Å². The fraction of sp³-hybridized carbons (Fsp3) is 0.500. The highest BCUT2D eigenvalue weighted by molar-refractivity contribution is 7.91. The Labute approximate surface area is 112 Å². The van der Waals surface area contributed by atoms with Crippen LogP contribution in [0.1, 0.15) is 24.0 Å². The van der Waals surface area contributed by atoms with E-state index in [4.69, 9.17) is 0 Å². The molecule has 1 fully saturated rings. The van der Waals surface area contributed by atoms with Crippen molar-refractivity contribution < 1.29 is 13.5 Å². The fourth-order valence-electron chi connectivity index (χ4n) is 3.45. The minimum atomic E-state index is -3.23. The zero-order valence-corrected chi connectivity index (χ0v) is 11.3. The molecule has 1 saturated heterocycles. The Bertz CT molecular complexity index is 676. The van der Waals surface area contributed by atoms with Gasteiger partial charge in [-0.2, -0.15) is 5.26 Å². The van der Waals surface area contributed by atoms with Crippen molar-refractivity contribution in [2.24, 2.45) is 5.41 Å². The fourth-order valence-corrected chi connectivity index (χ4v) is 5.45. The number of benzene rings is 1. The van der Waals surface area contributed by atoms with Gasteiger partial charge in [0.1, 0.15) is 11.0 Å². The van der Waals surface area contributed by atoms with Crippen LogP contribution in [0.2, 0.25) is 0 Å². The molecule has 1 N–H and O–H groups in total. The monoisotopic (exact) mass is 277 g/mol. The summed E-state index contributed by atoms with van der Waals surface area (Å²) in [6.07, 6.45) is 1.34. The van der Waals surface area contributed by atoms with Crippen LogP contribution in [-0.4, -0.2) is 25.0 Å². The summed E-state index contributed by atoms with van der Waals surface area (Å²) in [4.78, 5) is 0. The van der Waals surface area contributed by atoms with Crippen molar-refractivity contribution in [3.8, 4) is 6.07 Å². The quantitative estimate of drug-likeness (QED) is 0.835. The van der Waals surface area contributed by atoms with Crippen molar-refractivity contribution in [3.63, 3.8) is 0 Å². The first kappa shape index (κ1) is 12.6. The van der Waals surface area contributed by atoms with Gasteiger partial charge in [0.05, 0.1) is 17.6 Å². The minimum absolute atomic E-state index is 0.00889. The molecule has 0 bridgehead atoms. The van der Waals surface area contributed by atoms with Crippen LogP contribution in [0.5, 0.6) is 0 Å². The molecule has 2 aliphatic rings. The maximum atomic E-state index is 11.8.